The molecular weight excluding hydrogens is 426 g/mol. The molecule has 0 atom stereocenters. The zero-order valence-electron chi connectivity index (χ0n) is 17.3. The normalized spacial score (nSPS) is 10.7. The molecule has 2 heterocycles. The van der Waals surface area contributed by atoms with E-state index in [0.717, 1.165) is 5.56 Å². The van der Waals surface area contributed by atoms with E-state index in [9.17, 15) is 9.59 Å². The third-order valence-corrected chi connectivity index (χ3v) is 5.17. The van der Waals surface area contributed by atoms with Crippen LogP contribution in [0.3, 0.4) is 0 Å². The monoisotopic (exact) mass is 447 g/mol. The Hall–Kier alpha value is -3.98. The first kappa shape index (κ1) is 21.3. The van der Waals surface area contributed by atoms with E-state index >= 15 is 0 Å². The number of benzene rings is 2. The van der Waals surface area contributed by atoms with E-state index in [1.807, 2.05) is 59.5 Å². The van der Waals surface area contributed by atoms with Crippen molar-refractivity contribution in [1.82, 2.24) is 19.1 Å². The molecule has 32 heavy (non-hydrogen) atoms. The summed E-state index contributed by atoms with van der Waals surface area (Å²) in [4.78, 5) is 24.2. The number of carbonyl (C=O) groups excluding carboxylic acids is 2. The van der Waals surface area contributed by atoms with Gasteiger partial charge in [-0.2, -0.15) is 5.10 Å². The van der Waals surface area contributed by atoms with Crippen LogP contribution >= 0.6 is 12.2 Å². The number of methoxy groups -OCH3 is 1. The number of ether oxygens (including phenoxy) is 1. The molecule has 9 heteroatoms. The number of rotatable bonds is 7. The fraction of sp³-hybridized carbons (Fsp3) is 0.130. The molecule has 2 aromatic heterocycles. The molecule has 2 aromatic carbocycles. The van der Waals surface area contributed by atoms with Crippen molar-refractivity contribution >= 4 is 29.8 Å². The number of anilines is 1. The van der Waals surface area contributed by atoms with Crippen LogP contribution in [0.4, 0.5) is 5.69 Å². The molecule has 0 bridgehead atoms. The van der Waals surface area contributed by atoms with Crippen LogP contribution in [-0.2, 0) is 22.5 Å². The minimum atomic E-state index is -0.435. The molecule has 0 radical (unpaired) electrons. The lowest BCUT2D eigenvalue weighted by molar-refractivity contribution is -0.116. The van der Waals surface area contributed by atoms with Crippen molar-refractivity contribution in [2.45, 2.75) is 13.0 Å². The van der Waals surface area contributed by atoms with Crippen molar-refractivity contribution in [3.8, 4) is 0 Å². The summed E-state index contributed by atoms with van der Waals surface area (Å²) < 4.78 is 10.2. The lowest BCUT2D eigenvalue weighted by Crippen LogP contribution is -2.20. The maximum Gasteiger partial charge on any atom is 0.337 e. The number of nitrogens with one attached hydrogen (secondary N) is 1. The maximum absolute atomic E-state index is 12.6. The maximum atomic E-state index is 12.6. The Bertz CT molecular complexity index is 1280. The quantitative estimate of drug-likeness (QED) is 0.346. The van der Waals surface area contributed by atoms with Gasteiger partial charge in [-0.15, -0.1) is 0 Å². The van der Waals surface area contributed by atoms with Gasteiger partial charge in [-0.05, 0) is 54.2 Å². The van der Waals surface area contributed by atoms with Crippen LogP contribution in [0.5, 0.6) is 0 Å². The standard InChI is InChI=1S/C23H21N5O3S/c1-31-22(30)18-9-11-19(12-10-18)24-21(29)16-27-23(32)28(26-13-5-6-14-26)20(25-27)15-17-7-3-2-4-8-17/h2-14H,15-16H2,1H3,(H,24,29). The van der Waals surface area contributed by atoms with Crippen molar-refractivity contribution in [2.75, 3.05) is 12.4 Å². The first-order chi connectivity index (χ1) is 15.5. The molecule has 1 N–H and O–H groups in total. The number of aromatic nitrogens is 4. The summed E-state index contributed by atoms with van der Waals surface area (Å²) in [6.45, 7) is -0.0480. The van der Waals surface area contributed by atoms with Crippen LogP contribution in [-0.4, -0.2) is 38.1 Å². The van der Waals surface area contributed by atoms with E-state index < -0.39 is 5.97 Å². The lowest BCUT2D eigenvalue weighted by Gasteiger charge is -2.08. The van der Waals surface area contributed by atoms with Crippen molar-refractivity contribution in [3.05, 3.63) is 101 Å². The molecule has 4 rings (SSSR count). The fourth-order valence-corrected chi connectivity index (χ4v) is 3.58. The second kappa shape index (κ2) is 9.44. The van der Waals surface area contributed by atoms with Crippen LogP contribution in [0.2, 0.25) is 0 Å². The van der Waals surface area contributed by atoms with Gasteiger partial charge in [0.15, 0.2) is 5.82 Å². The highest BCUT2D eigenvalue weighted by Gasteiger charge is 2.15. The average molecular weight is 448 g/mol. The molecule has 0 fully saturated rings. The van der Waals surface area contributed by atoms with E-state index in [1.54, 1.807) is 28.9 Å². The van der Waals surface area contributed by atoms with Crippen molar-refractivity contribution < 1.29 is 14.3 Å². The summed E-state index contributed by atoms with van der Waals surface area (Å²) in [5.74, 6) is -0.00126. The number of nitrogens with zero attached hydrogens (tertiary/aromatic N) is 4. The molecule has 4 aromatic rings. The first-order valence-electron chi connectivity index (χ1n) is 9.89. The molecule has 0 aliphatic carbocycles. The zero-order valence-corrected chi connectivity index (χ0v) is 18.2. The predicted molar refractivity (Wildman–Crippen MR) is 122 cm³/mol. The van der Waals surface area contributed by atoms with Gasteiger partial charge in [0.05, 0.1) is 12.7 Å². The van der Waals surface area contributed by atoms with E-state index in [4.69, 9.17) is 12.2 Å². The van der Waals surface area contributed by atoms with Crippen LogP contribution in [0, 0.1) is 4.77 Å². The topological polar surface area (TPSA) is 83.1 Å². The fourth-order valence-electron chi connectivity index (χ4n) is 3.27. The van der Waals surface area contributed by atoms with Crippen LogP contribution in [0.1, 0.15) is 21.7 Å². The smallest absolute Gasteiger partial charge is 0.337 e. The molecule has 0 saturated carbocycles. The van der Waals surface area contributed by atoms with E-state index in [1.165, 1.54) is 11.8 Å². The minimum Gasteiger partial charge on any atom is -0.465 e. The molecule has 0 aliphatic heterocycles. The molecule has 0 aliphatic rings. The number of amides is 1. The summed E-state index contributed by atoms with van der Waals surface area (Å²) in [6.07, 6.45) is 4.31. The van der Waals surface area contributed by atoms with Gasteiger partial charge >= 0.3 is 5.97 Å². The lowest BCUT2D eigenvalue weighted by atomic mass is 10.1. The molecule has 0 saturated heterocycles. The number of hydrogen-bond acceptors (Lipinski definition) is 5. The first-order valence-corrected chi connectivity index (χ1v) is 10.3. The molecule has 8 nitrogen and oxygen atoms in total. The second-order valence-corrected chi connectivity index (χ2v) is 7.38. The largest absolute Gasteiger partial charge is 0.465 e. The third kappa shape index (κ3) is 4.68. The average Bonchev–Trinajstić information content (AvgIpc) is 3.42. The van der Waals surface area contributed by atoms with Gasteiger partial charge in [0.1, 0.15) is 6.54 Å². The van der Waals surface area contributed by atoms with Crippen molar-refractivity contribution in [1.29, 1.82) is 0 Å². The Morgan fingerprint density at radius 2 is 1.69 bits per heavy atom. The van der Waals surface area contributed by atoms with Gasteiger partial charge in [0.2, 0.25) is 10.7 Å². The molecule has 1 amide bonds. The van der Waals surface area contributed by atoms with Gasteiger partial charge in [-0.25, -0.2) is 14.2 Å². The molecule has 0 spiro atoms. The van der Waals surface area contributed by atoms with E-state index in [2.05, 4.69) is 15.2 Å². The van der Waals surface area contributed by atoms with Gasteiger partial charge in [-0.3, -0.25) is 9.47 Å². The molecule has 162 valence electrons. The number of carbonyl (C=O) groups is 2. The number of hydrogen-bond donors (Lipinski definition) is 1. The second-order valence-electron chi connectivity index (χ2n) is 7.01. The molecule has 0 unspecified atom stereocenters. The summed E-state index contributed by atoms with van der Waals surface area (Å²) in [7, 11) is 1.32. The molecular formula is C23H21N5O3S. The summed E-state index contributed by atoms with van der Waals surface area (Å²) >= 11 is 5.63. The Labute approximate surface area is 189 Å². The van der Waals surface area contributed by atoms with Crippen LogP contribution < -0.4 is 5.32 Å². The Morgan fingerprint density at radius 3 is 2.34 bits per heavy atom. The third-order valence-electron chi connectivity index (χ3n) is 4.79. The van der Waals surface area contributed by atoms with E-state index in [0.29, 0.717) is 28.3 Å². The van der Waals surface area contributed by atoms with Crippen LogP contribution in [0.15, 0.2) is 79.1 Å². The van der Waals surface area contributed by atoms with Gasteiger partial charge in [-0.1, -0.05) is 30.3 Å². The highest BCUT2D eigenvalue weighted by molar-refractivity contribution is 7.71. The van der Waals surface area contributed by atoms with Crippen molar-refractivity contribution in [3.63, 3.8) is 0 Å². The minimum absolute atomic E-state index is 0.0480. The SMILES string of the molecule is COC(=O)c1ccc(NC(=O)Cn2nc(Cc3ccccc3)n(-n3cccc3)c2=S)cc1. The van der Waals surface area contributed by atoms with Crippen molar-refractivity contribution in [2.24, 2.45) is 0 Å². The Kier molecular flexibility index (Phi) is 6.27. The van der Waals surface area contributed by atoms with Gasteiger partial charge < -0.3 is 10.1 Å². The zero-order chi connectivity index (χ0) is 22.5. The van der Waals surface area contributed by atoms with Crippen LogP contribution in [0.25, 0.3) is 0 Å². The highest BCUT2D eigenvalue weighted by atomic mass is 32.1. The number of esters is 1. The summed E-state index contributed by atoms with van der Waals surface area (Å²) in [6, 6.07) is 20.2. The summed E-state index contributed by atoms with van der Waals surface area (Å²) in [5.41, 5.74) is 2.05. The summed E-state index contributed by atoms with van der Waals surface area (Å²) in [5, 5.41) is 7.42. The highest BCUT2D eigenvalue weighted by Crippen LogP contribution is 2.13. The van der Waals surface area contributed by atoms with Gasteiger partial charge in [0, 0.05) is 24.5 Å². The predicted octanol–water partition coefficient (Wildman–Crippen LogP) is 3.54. The van der Waals surface area contributed by atoms with E-state index in [-0.39, 0.29) is 12.5 Å². The Balaban J connectivity index is 1.55. The van der Waals surface area contributed by atoms with Gasteiger partial charge in [0.25, 0.3) is 0 Å². The Morgan fingerprint density at radius 1 is 1.00 bits per heavy atom.